The summed E-state index contributed by atoms with van der Waals surface area (Å²) in [5.41, 5.74) is -1.11. The molecule has 3 aromatic rings. The standard InChI is InChI=1S/C49H64O15Si3/c1-8-15-37(12-5)65-40-24-18-34(19-25-40)43(50)59-62-46(53)56-31-49(30-11-4,32-57-47(54)63-60-44(51)35-20-26-41(27-21-35)66-38(13-6)16-9-2)33-58-48(55)64-61-45(52)36-22-28-42(29-23-36)67-39(14-7)17-10-3/h15-29H,8-14,30-33,65-67H2,1-7H3/b37-15+,38-16+,39-17+. The van der Waals surface area contributed by atoms with E-state index < -0.39 is 90.2 Å². The van der Waals surface area contributed by atoms with Crippen molar-refractivity contribution in [1.82, 2.24) is 0 Å². The van der Waals surface area contributed by atoms with Crippen LogP contribution in [0.4, 0.5) is 14.4 Å². The lowest BCUT2D eigenvalue weighted by Gasteiger charge is -2.30. The van der Waals surface area contributed by atoms with Crippen LogP contribution in [0.1, 0.15) is 131 Å². The van der Waals surface area contributed by atoms with E-state index in [2.05, 4.69) is 74.4 Å². The Kier molecular flexibility index (Phi) is 24.8. The Labute approximate surface area is 399 Å². The fourth-order valence-corrected chi connectivity index (χ4v) is 11.9. The first-order valence-corrected chi connectivity index (χ1v) is 27.0. The lowest BCUT2D eigenvalue weighted by Crippen LogP contribution is -2.40. The lowest BCUT2D eigenvalue weighted by atomic mass is 9.86. The number of allylic oxidation sites excluding steroid dienone is 6. The summed E-state index contributed by atoms with van der Waals surface area (Å²) in [5.74, 6) is -2.86. The molecule has 0 aliphatic heterocycles. The van der Waals surface area contributed by atoms with Crippen LogP contribution in [0.3, 0.4) is 0 Å². The predicted molar refractivity (Wildman–Crippen MR) is 261 cm³/mol. The molecule has 0 N–H and O–H groups in total. The van der Waals surface area contributed by atoms with Gasteiger partial charge in [0.15, 0.2) is 0 Å². The Hall–Kier alpha value is -6.25. The fraction of sp³-hybridized carbons (Fsp3) is 0.388. The zero-order valence-electron chi connectivity index (χ0n) is 39.7. The quantitative estimate of drug-likeness (QED) is 0.0310. The maximum atomic E-state index is 12.7. The molecule has 0 atom stereocenters. The van der Waals surface area contributed by atoms with Crippen molar-refractivity contribution in [3.05, 3.63) is 123 Å². The highest BCUT2D eigenvalue weighted by Crippen LogP contribution is 2.27. The molecule has 0 saturated carbocycles. The first-order valence-electron chi connectivity index (χ1n) is 22.8. The molecule has 0 aliphatic rings. The van der Waals surface area contributed by atoms with Gasteiger partial charge in [0.2, 0.25) is 0 Å². The van der Waals surface area contributed by atoms with E-state index in [0.29, 0.717) is 6.42 Å². The van der Waals surface area contributed by atoms with Crippen molar-refractivity contribution in [2.75, 3.05) is 19.8 Å². The second-order valence-corrected chi connectivity index (χ2v) is 22.0. The molecule has 0 heterocycles. The number of carbonyl (C=O) groups is 6. The van der Waals surface area contributed by atoms with Crippen molar-refractivity contribution in [1.29, 1.82) is 0 Å². The van der Waals surface area contributed by atoms with Gasteiger partial charge in [-0.15, -0.1) is 0 Å². The largest absolute Gasteiger partial charge is 0.549 e. The minimum Gasteiger partial charge on any atom is -0.431 e. The van der Waals surface area contributed by atoms with E-state index in [0.717, 1.165) is 54.1 Å². The third-order valence-electron chi connectivity index (χ3n) is 10.5. The van der Waals surface area contributed by atoms with Gasteiger partial charge >= 0.3 is 36.4 Å². The Bertz CT molecular complexity index is 1930. The van der Waals surface area contributed by atoms with Crippen molar-refractivity contribution in [3.63, 3.8) is 0 Å². The summed E-state index contributed by atoms with van der Waals surface area (Å²) in [6, 6.07) is 20.4. The normalized spacial score (nSPS) is 13.0. The van der Waals surface area contributed by atoms with Crippen LogP contribution in [-0.4, -0.2) is 84.8 Å². The van der Waals surface area contributed by atoms with Crippen LogP contribution in [-0.2, 0) is 43.5 Å². The summed E-state index contributed by atoms with van der Waals surface area (Å²) in [4.78, 5) is 104. The summed E-state index contributed by atoms with van der Waals surface area (Å²) < 4.78 is 15.8. The van der Waals surface area contributed by atoms with Crippen molar-refractivity contribution >= 4 is 80.5 Å². The maximum absolute atomic E-state index is 12.7. The Morgan fingerprint density at radius 2 is 0.687 bits per heavy atom. The highest BCUT2D eigenvalue weighted by Gasteiger charge is 2.37. The smallest absolute Gasteiger partial charge is 0.431 e. The molecule has 0 bridgehead atoms. The number of hydrogen-bond donors (Lipinski definition) is 0. The van der Waals surface area contributed by atoms with Gasteiger partial charge in [-0.1, -0.05) is 141 Å². The number of carbonyl (C=O) groups excluding carboxylic acids is 6. The molecule has 0 unspecified atom stereocenters. The zero-order chi connectivity index (χ0) is 49.0. The van der Waals surface area contributed by atoms with Crippen LogP contribution < -0.4 is 15.6 Å². The number of benzene rings is 3. The van der Waals surface area contributed by atoms with E-state index >= 15 is 0 Å². The van der Waals surface area contributed by atoms with E-state index in [9.17, 15) is 28.8 Å². The molecule has 67 heavy (non-hydrogen) atoms. The average molecular weight is 977 g/mol. The van der Waals surface area contributed by atoms with Crippen molar-refractivity contribution in [2.45, 2.75) is 99.8 Å². The molecule has 0 saturated heterocycles. The maximum Gasteiger partial charge on any atom is 0.549 e. The molecule has 3 rings (SSSR count). The van der Waals surface area contributed by atoms with Crippen LogP contribution in [0.2, 0.25) is 0 Å². The highest BCUT2D eigenvalue weighted by atomic mass is 28.2. The third kappa shape index (κ3) is 20.0. The third-order valence-corrected chi connectivity index (χ3v) is 16.9. The van der Waals surface area contributed by atoms with E-state index in [1.165, 1.54) is 15.6 Å². The summed E-state index contributed by atoms with van der Waals surface area (Å²) in [6.45, 7) is 12.4. The first kappa shape index (κ1) is 55.1. The molecule has 0 amide bonds. The lowest BCUT2D eigenvalue weighted by molar-refractivity contribution is -0.217. The van der Waals surface area contributed by atoms with E-state index in [1.807, 2.05) is 36.4 Å². The van der Waals surface area contributed by atoms with Gasteiger partial charge in [-0.25, -0.2) is 43.7 Å². The Balaban J connectivity index is 1.65. The minimum absolute atomic E-state index is 0.0781. The second-order valence-electron chi connectivity index (χ2n) is 15.7. The van der Waals surface area contributed by atoms with Gasteiger partial charge in [-0.3, -0.25) is 0 Å². The molecule has 0 aromatic heterocycles. The number of hydrogen-bond acceptors (Lipinski definition) is 15. The Morgan fingerprint density at radius 3 is 0.910 bits per heavy atom. The Morgan fingerprint density at radius 1 is 0.418 bits per heavy atom. The van der Waals surface area contributed by atoms with Crippen LogP contribution in [0.5, 0.6) is 0 Å². The van der Waals surface area contributed by atoms with Crippen molar-refractivity contribution < 1.29 is 72.3 Å². The molecule has 3 aromatic carbocycles. The second kappa shape index (κ2) is 30.1. The molecular formula is C49H64O15Si3. The molecule has 362 valence electrons. The first-order chi connectivity index (χ1) is 32.3. The summed E-state index contributed by atoms with van der Waals surface area (Å²) in [6.07, 6.45) is 8.51. The molecule has 0 aliphatic carbocycles. The van der Waals surface area contributed by atoms with Crippen LogP contribution in [0.25, 0.3) is 0 Å². The molecular weight excluding hydrogens is 913 g/mol. The predicted octanol–water partition coefficient (Wildman–Crippen LogP) is 7.04. The zero-order valence-corrected chi connectivity index (χ0v) is 43.9. The summed E-state index contributed by atoms with van der Waals surface area (Å²) in [7, 11) is -2.06. The van der Waals surface area contributed by atoms with Gasteiger partial charge < -0.3 is 14.2 Å². The SMILES string of the molecule is CC/C=C(\CC)[SiH2]c1ccc(C(=O)OOC(=O)OCC(CCC)(COC(=O)OOC(=O)c2ccc([SiH2]/C(=C/CC)CC)cc2)COC(=O)OOC(=O)c2ccc([SiH2]/C(=C/CC)CC)cc2)cc1. The van der Waals surface area contributed by atoms with E-state index in [-0.39, 0.29) is 23.1 Å². The van der Waals surface area contributed by atoms with Crippen LogP contribution >= 0.6 is 0 Å². The van der Waals surface area contributed by atoms with Crippen LogP contribution in [0.15, 0.2) is 107 Å². The highest BCUT2D eigenvalue weighted by molar-refractivity contribution is 6.61. The van der Waals surface area contributed by atoms with Gasteiger partial charge in [0.1, 0.15) is 19.8 Å². The van der Waals surface area contributed by atoms with E-state index in [1.54, 1.807) is 43.3 Å². The van der Waals surface area contributed by atoms with E-state index in [4.69, 9.17) is 28.9 Å². The van der Waals surface area contributed by atoms with Gasteiger partial charge in [0.25, 0.3) is 0 Å². The monoisotopic (exact) mass is 976 g/mol. The van der Waals surface area contributed by atoms with Crippen LogP contribution in [0, 0.1) is 5.41 Å². The fourth-order valence-electron chi connectivity index (χ4n) is 6.89. The van der Waals surface area contributed by atoms with Crippen molar-refractivity contribution in [3.8, 4) is 0 Å². The van der Waals surface area contributed by atoms with Gasteiger partial charge in [0, 0.05) is 0 Å². The van der Waals surface area contributed by atoms with Gasteiger partial charge in [-0.2, -0.15) is 14.4 Å². The molecule has 0 spiro atoms. The molecule has 0 fully saturated rings. The van der Waals surface area contributed by atoms with Crippen molar-refractivity contribution in [2.24, 2.45) is 5.41 Å². The number of rotatable bonds is 23. The minimum atomic E-state index is -1.51. The van der Waals surface area contributed by atoms with Gasteiger partial charge in [0.05, 0.1) is 50.7 Å². The number of ether oxygens (including phenoxy) is 3. The molecule has 18 heteroatoms. The molecule has 15 nitrogen and oxygen atoms in total. The van der Waals surface area contributed by atoms with Gasteiger partial charge in [-0.05, 0) is 81.3 Å². The summed E-state index contributed by atoms with van der Waals surface area (Å²) >= 11 is 0. The topological polar surface area (TPSA) is 185 Å². The summed E-state index contributed by atoms with van der Waals surface area (Å²) in [5, 5.41) is 7.57. The average Bonchev–Trinajstić information content (AvgIpc) is 3.34. The molecule has 0 radical (unpaired) electrons.